The Bertz CT molecular complexity index is 611. The molecular formula is C14H17FN4. The first kappa shape index (κ1) is 13.3. The monoisotopic (exact) mass is 260 g/mol. The molecule has 19 heavy (non-hydrogen) atoms. The van der Waals surface area contributed by atoms with Crippen LogP contribution in [0.15, 0.2) is 18.2 Å². The minimum atomic E-state index is -0.273. The zero-order valence-electron chi connectivity index (χ0n) is 11.5. The molecule has 0 amide bonds. The molecule has 5 heteroatoms. The number of hydrogen-bond donors (Lipinski definition) is 2. The number of aryl methyl sites for hydroxylation is 2. The van der Waals surface area contributed by atoms with Crippen molar-refractivity contribution >= 4 is 17.3 Å². The second kappa shape index (κ2) is 5.22. The van der Waals surface area contributed by atoms with Crippen molar-refractivity contribution in [1.29, 1.82) is 0 Å². The quantitative estimate of drug-likeness (QED) is 0.888. The van der Waals surface area contributed by atoms with Crippen LogP contribution in [0.5, 0.6) is 0 Å². The summed E-state index contributed by atoms with van der Waals surface area (Å²) in [6.45, 7) is 5.66. The Kier molecular flexibility index (Phi) is 3.64. The molecule has 4 nitrogen and oxygen atoms in total. The second-order valence-corrected chi connectivity index (χ2v) is 4.43. The van der Waals surface area contributed by atoms with Gasteiger partial charge in [0.05, 0.1) is 0 Å². The summed E-state index contributed by atoms with van der Waals surface area (Å²) < 4.78 is 13.3. The predicted octanol–water partition coefficient (Wildman–Crippen LogP) is 3.33. The third-order valence-corrected chi connectivity index (χ3v) is 2.95. The van der Waals surface area contributed by atoms with Gasteiger partial charge >= 0.3 is 0 Å². The zero-order valence-corrected chi connectivity index (χ0v) is 11.5. The van der Waals surface area contributed by atoms with Gasteiger partial charge in [0.15, 0.2) is 0 Å². The number of anilines is 3. The van der Waals surface area contributed by atoms with Gasteiger partial charge in [0.2, 0.25) is 0 Å². The van der Waals surface area contributed by atoms with Gasteiger partial charge in [-0.15, -0.1) is 0 Å². The normalized spacial score (nSPS) is 10.4. The van der Waals surface area contributed by atoms with Gasteiger partial charge in [-0.2, -0.15) is 0 Å². The first-order valence-corrected chi connectivity index (χ1v) is 6.07. The maximum absolute atomic E-state index is 13.3. The molecule has 0 saturated heterocycles. The van der Waals surface area contributed by atoms with Crippen molar-refractivity contribution in [2.24, 2.45) is 0 Å². The van der Waals surface area contributed by atoms with E-state index >= 15 is 0 Å². The molecule has 2 N–H and O–H groups in total. The number of aromatic nitrogens is 2. The molecule has 1 aromatic heterocycles. The van der Waals surface area contributed by atoms with Crippen molar-refractivity contribution in [3.8, 4) is 0 Å². The van der Waals surface area contributed by atoms with Crippen molar-refractivity contribution in [3.63, 3.8) is 0 Å². The van der Waals surface area contributed by atoms with Crippen molar-refractivity contribution in [2.75, 3.05) is 17.7 Å². The third kappa shape index (κ3) is 2.81. The van der Waals surface area contributed by atoms with E-state index in [9.17, 15) is 4.39 Å². The lowest BCUT2D eigenvalue weighted by Crippen LogP contribution is -2.06. The van der Waals surface area contributed by atoms with Crippen LogP contribution in [-0.2, 0) is 0 Å². The van der Waals surface area contributed by atoms with E-state index in [1.807, 2.05) is 27.8 Å². The number of benzene rings is 1. The SMILES string of the molecule is CNc1nc(C)nc(Nc2cc(F)ccc2C)c1C. The molecule has 0 unspecified atom stereocenters. The summed E-state index contributed by atoms with van der Waals surface area (Å²) in [6, 6.07) is 4.64. The highest BCUT2D eigenvalue weighted by atomic mass is 19.1. The van der Waals surface area contributed by atoms with Gasteiger partial charge in [-0.05, 0) is 38.5 Å². The Morgan fingerprint density at radius 1 is 1.05 bits per heavy atom. The Labute approximate surface area is 112 Å². The van der Waals surface area contributed by atoms with Crippen LogP contribution < -0.4 is 10.6 Å². The Morgan fingerprint density at radius 2 is 1.74 bits per heavy atom. The number of nitrogens with zero attached hydrogens (tertiary/aromatic N) is 2. The minimum Gasteiger partial charge on any atom is -0.373 e. The Hall–Kier alpha value is -2.17. The Morgan fingerprint density at radius 3 is 2.42 bits per heavy atom. The molecule has 0 aliphatic carbocycles. The van der Waals surface area contributed by atoms with Gasteiger partial charge in [-0.3, -0.25) is 0 Å². The lowest BCUT2D eigenvalue weighted by Gasteiger charge is -2.14. The third-order valence-electron chi connectivity index (χ3n) is 2.95. The number of hydrogen-bond acceptors (Lipinski definition) is 4. The molecule has 0 aliphatic heterocycles. The van der Waals surface area contributed by atoms with Crippen LogP contribution >= 0.6 is 0 Å². The molecule has 0 bridgehead atoms. The molecule has 2 aromatic rings. The van der Waals surface area contributed by atoms with Gasteiger partial charge in [0.1, 0.15) is 23.3 Å². The number of rotatable bonds is 3. The summed E-state index contributed by atoms with van der Waals surface area (Å²) in [6.07, 6.45) is 0. The molecule has 0 atom stereocenters. The van der Waals surface area contributed by atoms with Crippen LogP contribution in [0, 0.1) is 26.6 Å². The molecule has 100 valence electrons. The summed E-state index contributed by atoms with van der Waals surface area (Å²) in [5.74, 6) is 1.84. The van der Waals surface area contributed by atoms with E-state index < -0.39 is 0 Å². The van der Waals surface area contributed by atoms with Gasteiger partial charge in [-0.1, -0.05) is 6.07 Å². The summed E-state index contributed by atoms with van der Waals surface area (Å²) in [5, 5.41) is 6.19. The molecule has 0 radical (unpaired) electrons. The highest BCUT2D eigenvalue weighted by Gasteiger charge is 2.09. The predicted molar refractivity (Wildman–Crippen MR) is 75.5 cm³/mol. The molecular weight excluding hydrogens is 243 g/mol. The maximum Gasteiger partial charge on any atom is 0.139 e. The molecule has 0 fully saturated rings. The molecule has 1 heterocycles. The van der Waals surface area contributed by atoms with Crippen LogP contribution in [-0.4, -0.2) is 17.0 Å². The van der Waals surface area contributed by atoms with E-state index in [0.29, 0.717) is 17.3 Å². The van der Waals surface area contributed by atoms with E-state index in [2.05, 4.69) is 20.6 Å². The van der Waals surface area contributed by atoms with E-state index in [1.165, 1.54) is 12.1 Å². The van der Waals surface area contributed by atoms with Gasteiger partial charge in [-0.25, -0.2) is 14.4 Å². The fraction of sp³-hybridized carbons (Fsp3) is 0.286. The van der Waals surface area contributed by atoms with Gasteiger partial charge in [0, 0.05) is 18.3 Å². The first-order valence-electron chi connectivity index (χ1n) is 6.07. The average Bonchev–Trinajstić information content (AvgIpc) is 2.37. The highest BCUT2D eigenvalue weighted by molar-refractivity contribution is 5.66. The van der Waals surface area contributed by atoms with Crippen LogP contribution in [0.3, 0.4) is 0 Å². The smallest absolute Gasteiger partial charge is 0.139 e. The lowest BCUT2D eigenvalue weighted by atomic mass is 10.2. The number of nitrogens with one attached hydrogen (secondary N) is 2. The average molecular weight is 260 g/mol. The Balaban J connectivity index is 2.43. The van der Waals surface area contributed by atoms with Gasteiger partial charge in [0.25, 0.3) is 0 Å². The fourth-order valence-corrected chi connectivity index (χ4v) is 1.85. The largest absolute Gasteiger partial charge is 0.373 e. The van der Waals surface area contributed by atoms with Crippen LogP contribution in [0.2, 0.25) is 0 Å². The molecule has 0 spiro atoms. The number of halogens is 1. The van der Waals surface area contributed by atoms with Crippen LogP contribution in [0.25, 0.3) is 0 Å². The van der Waals surface area contributed by atoms with E-state index in [1.54, 1.807) is 6.07 Å². The molecule has 0 saturated carbocycles. The summed E-state index contributed by atoms with van der Waals surface area (Å²) in [7, 11) is 1.81. The summed E-state index contributed by atoms with van der Waals surface area (Å²) >= 11 is 0. The van der Waals surface area contributed by atoms with Crippen LogP contribution in [0.1, 0.15) is 17.0 Å². The van der Waals surface area contributed by atoms with Crippen molar-refractivity contribution in [3.05, 3.63) is 41.0 Å². The first-order chi connectivity index (χ1) is 9.01. The molecule has 1 aromatic carbocycles. The minimum absolute atomic E-state index is 0.273. The molecule has 2 rings (SSSR count). The van der Waals surface area contributed by atoms with E-state index in [-0.39, 0.29) is 5.82 Å². The topological polar surface area (TPSA) is 49.8 Å². The fourth-order valence-electron chi connectivity index (χ4n) is 1.85. The van der Waals surface area contributed by atoms with Gasteiger partial charge < -0.3 is 10.6 Å². The van der Waals surface area contributed by atoms with Crippen molar-refractivity contribution in [1.82, 2.24) is 9.97 Å². The van der Waals surface area contributed by atoms with Crippen molar-refractivity contribution in [2.45, 2.75) is 20.8 Å². The van der Waals surface area contributed by atoms with Crippen molar-refractivity contribution < 1.29 is 4.39 Å². The molecule has 0 aliphatic rings. The summed E-state index contributed by atoms with van der Waals surface area (Å²) in [5.41, 5.74) is 2.57. The maximum atomic E-state index is 13.3. The zero-order chi connectivity index (χ0) is 14.0. The standard InChI is InChI=1S/C14H17FN4/c1-8-5-6-11(15)7-12(8)19-14-9(2)13(16-4)17-10(3)18-14/h5-7H,1-4H3,(H2,16,17,18,19). The summed E-state index contributed by atoms with van der Waals surface area (Å²) in [4.78, 5) is 8.66. The van der Waals surface area contributed by atoms with E-state index in [4.69, 9.17) is 0 Å². The van der Waals surface area contributed by atoms with Crippen LogP contribution in [0.4, 0.5) is 21.7 Å². The lowest BCUT2D eigenvalue weighted by molar-refractivity contribution is 0.628. The highest BCUT2D eigenvalue weighted by Crippen LogP contribution is 2.25. The van der Waals surface area contributed by atoms with E-state index in [0.717, 1.165) is 16.9 Å². The second-order valence-electron chi connectivity index (χ2n) is 4.43.